The molecule has 0 aliphatic heterocycles. The second-order valence-corrected chi connectivity index (χ2v) is 14.9. The van der Waals surface area contributed by atoms with Crippen molar-refractivity contribution in [1.29, 1.82) is 0 Å². The Balaban J connectivity index is 1.24. The summed E-state index contributed by atoms with van der Waals surface area (Å²) in [6.07, 6.45) is -2.57. The summed E-state index contributed by atoms with van der Waals surface area (Å²) >= 11 is 0. The number of aliphatic hydroxyl groups excluding tert-OH is 1. The molecule has 0 saturated carbocycles. The number of aliphatic hydroxyl groups is 2. The number of nitrogens with zero attached hydrogens (tertiary/aromatic N) is 1. The number of hydrogen-bond acceptors (Lipinski definition) is 5. The molecule has 3 N–H and O–H groups in total. The number of amides is 1. The molecule has 0 saturated heterocycles. The molecule has 0 bridgehead atoms. The zero-order chi connectivity index (χ0) is 41.4. The Morgan fingerprint density at radius 3 is 1.75 bits per heavy atom. The molecule has 298 valence electrons. The molecule has 59 heavy (non-hydrogen) atoms. The van der Waals surface area contributed by atoms with Crippen molar-refractivity contribution in [3.63, 3.8) is 0 Å². The van der Waals surface area contributed by atoms with Crippen LogP contribution >= 0.6 is 0 Å². The third-order valence-corrected chi connectivity index (χ3v) is 10.5. The topological polar surface area (TPSA) is 101 Å². The van der Waals surface area contributed by atoms with Crippen LogP contribution in [0.1, 0.15) is 71.5 Å². The predicted octanol–water partition coefficient (Wildman–Crippen LogP) is 10.7. The number of anilines is 1. The van der Waals surface area contributed by atoms with E-state index in [-0.39, 0.29) is 31.2 Å². The molecule has 6 aromatic carbocycles. The summed E-state index contributed by atoms with van der Waals surface area (Å²) in [5.41, 5.74) is 4.57. The van der Waals surface area contributed by atoms with E-state index in [0.29, 0.717) is 44.8 Å². The van der Waals surface area contributed by atoms with Crippen molar-refractivity contribution in [3.8, 4) is 22.4 Å². The molecule has 1 heterocycles. The first-order chi connectivity index (χ1) is 28.6. The van der Waals surface area contributed by atoms with Gasteiger partial charge in [-0.05, 0) is 76.6 Å². The average molecular weight is 787 g/mol. The third-order valence-electron chi connectivity index (χ3n) is 10.5. The Hall–Kier alpha value is -6.61. The van der Waals surface area contributed by atoms with E-state index in [1.807, 2.05) is 134 Å². The smallest absolute Gasteiger partial charge is 0.309 e. The van der Waals surface area contributed by atoms with Gasteiger partial charge in [0.25, 0.3) is 5.91 Å². The van der Waals surface area contributed by atoms with Crippen molar-refractivity contribution in [1.82, 2.24) is 4.57 Å². The second-order valence-electron chi connectivity index (χ2n) is 14.9. The minimum absolute atomic E-state index is 0.114. The lowest BCUT2D eigenvalue weighted by Crippen LogP contribution is -2.38. The number of carbonyl (C=O) groups is 2. The van der Waals surface area contributed by atoms with E-state index in [1.54, 1.807) is 48.5 Å². The maximum Gasteiger partial charge on any atom is 0.309 e. The maximum atomic E-state index is 14.5. The van der Waals surface area contributed by atoms with E-state index in [1.165, 1.54) is 12.1 Å². The number of nitrogens with one attached hydrogen (secondary N) is 1. The molecular weight excluding hydrogens is 740 g/mol. The zero-order valence-electron chi connectivity index (χ0n) is 33.0. The molecule has 2 atom stereocenters. The number of ether oxygens (including phenoxy) is 1. The molecule has 1 amide bonds. The Bertz CT molecular complexity index is 2420. The quantitative estimate of drug-likeness (QED) is 0.0899. The van der Waals surface area contributed by atoms with E-state index in [2.05, 4.69) is 5.32 Å². The SMILES string of the molecule is CC(C)c1c(C(=O)Nc2ccccc2)c(-c2ccccc2)c(-c2ccc(F)cc2)n1CCC(O)CC(=O)O[C@@H](c1ccccc1)C(O)(c1ccccc1)c1ccccc1. The van der Waals surface area contributed by atoms with Crippen molar-refractivity contribution in [2.24, 2.45) is 0 Å². The van der Waals surface area contributed by atoms with Gasteiger partial charge in [-0.2, -0.15) is 0 Å². The number of halogens is 1. The van der Waals surface area contributed by atoms with E-state index < -0.39 is 29.6 Å². The minimum Gasteiger partial charge on any atom is -0.454 e. The van der Waals surface area contributed by atoms with Crippen LogP contribution in [-0.2, 0) is 21.7 Å². The highest BCUT2D eigenvalue weighted by atomic mass is 19.1. The number of para-hydroxylation sites is 1. The van der Waals surface area contributed by atoms with Gasteiger partial charge in [-0.3, -0.25) is 9.59 Å². The van der Waals surface area contributed by atoms with Gasteiger partial charge in [0, 0.05) is 23.5 Å². The van der Waals surface area contributed by atoms with Crippen LogP contribution in [0.4, 0.5) is 10.1 Å². The lowest BCUT2D eigenvalue weighted by molar-refractivity contribution is -0.165. The highest BCUT2D eigenvalue weighted by Gasteiger charge is 2.44. The normalized spacial score (nSPS) is 12.5. The van der Waals surface area contributed by atoms with Gasteiger partial charge in [0.1, 0.15) is 5.82 Å². The Labute approximate surface area is 344 Å². The summed E-state index contributed by atoms with van der Waals surface area (Å²) in [5, 5.41) is 27.4. The van der Waals surface area contributed by atoms with E-state index in [9.17, 15) is 24.2 Å². The molecular formula is C51H47FN2O5. The van der Waals surface area contributed by atoms with Gasteiger partial charge in [0.2, 0.25) is 0 Å². The van der Waals surface area contributed by atoms with Crippen LogP contribution in [0.2, 0.25) is 0 Å². The van der Waals surface area contributed by atoms with Gasteiger partial charge in [-0.1, -0.05) is 153 Å². The molecule has 1 aromatic heterocycles. The maximum absolute atomic E-state index is 14.5. The first kappa shape index (κ1) is 40.6. The van der Waals surface area contributed by atoms with Crippen LogP contribution < -0.4 is 5.32 Å². The Kier molecular flexibility index (Phi) is 12.6. The standard InChI is InChI=1S/C51H47FN2O5/c1-35(2)47-46(50(57)53-42-26-16-7-17-27-42)45(36-18-8-3-9-19-36)48(37-28-30-41(52)31-29-37)54(47)33-32-43(55)34-44(56)59-49(38-20-10-4-11-21-38)51(58,39-22-12-5-13-23-39)40-24-14-6-15-25-40/h3-31,35,43,49,55,58H,32-34H2,1-2H3,(H,53,57)/t43?,49-/m0/s1. The van der Waals surface area contributed by atoms with Crippen LogP contribution in [0.25, 0.3) is 22.4 Å². The van der Waals surface area contributed by atoms with Crippen molar-refractivity contribution in [2.75, 3.05) is 5.32 Å². The van der Waals surface area contributed by atoms with Crippen molar-refractivity contribution < 1.29 is 28.9 Å². The third kappa shape index (κ3) is 8.94. The lowest BCUT2D eigenvalue weighted by Gasteiger charge is -2.37. The highest BCUT2D eigenvalue weighted by molar-refractivity contribution is 6.12. The number of hydrogen-bond donors (Lipinski definition) is 3. The molecule has 0 spiro atoms. The van der Waals surface area contributed by atoms with Gasteiger partial charge >= 0.3 is 5.97 Å². The molecule has 0 aliphatic rings. The van der Waals surface area contributed by atoms with Crippen molar-refractivity contribution in [3.05, 3.63) is 210 Å². The van der Waals surface area contributed by atoms with E-state index >= 15 is 0 Å². The summed E-state index contributed by atoms with van der Waals surface area (Å²) in [6.45, 7) is 4.23. The van der Waals surface area contributed by atoms with Crippen molar-refractivity contribution in [2.45, 2.75) is 57.0 Å². The van der Waals surface area contributed by atoms with Crippen LogP contribution in [0.5, 0.6) is 0 Å². The molecule has 7 nitrogen and oxygen atoms in total. The van der Waals surface area contributed by atoms with Crippen LogP contribution in [0.15, 0.2) is 176 Å². The lowest BCUT2D eigenvalue weighted by atomic mass is 9.79. The molecule has 0 radical (unpaired) electrons. The highest BCUT2D eigenvalue weighted by Crippen LogP contribution is 2.45. The van der Waals surface area contributed by atoms with Gasteiger partial charge < -0.3 is 24.8 Å². The zero-order valence-corrected chi connectivity index (χ0v) is 33.0. The summed E-state index contributed by atoms with van der Waals surface area (Å²) in [6, 6.07) is 52.3. The van der Waals surface area contributed by atoms with Crippen LogP contribution in [0, 0.1) is 5.82 Å². The number of carbonyl (C=O) groups excluding carboxylic acids is 2. The largest absolute Gasteiger partial charge is 0.454 e. The number of rotatable bonds is 15. The second kappa shape index (κ2) is 18.3. The van der Waals surface area contributed by atoms with E-state index in [0.717, 1.165) is 11.3 Å². The fourth-order valence-electron chi connectivity index (χ4n) is 7.84. The fraction of sp³-hybridized carbons (Fsp3) is 0.176. The first-order valence-corrected chi connectivity index (χ1v) is 19.8. The van der Waals surface area contributed by atoms with Gasteiger partial charge in [-0.25, -0.2) is 4.39 Å². The number of esters is 1. The van der Waals surface area contributed by atoms with Gasteiger partial charge in [0.05, 0.1) is 23.8 Å². The first-order valence-electron chi connectivity index (χ1n) is 19.8. The molecule has 7 aromatic rings. The number of benzene rings is 6. The molecule has 1 unspecified atom stereocenters. The van der Waals surface area contributed by atoms with E-state index in [4.69, 9.17) is 4.74 Å². The summed E-state index contributed by atoms with van der Waals surface area (Å²) in [7, 11) is 0. The minimum atomic E-state index is -1.77. The van der Waals surface area contributed by atoms with Crippen molar-refractivity contribution >= 4 is 17.6 Å². The predicted molar refractivity (Wildman–Crippen MR) is 230 cm³/mol. The summed E-state index contributed by atoms with van der Waals surface area (Å²) < 4.78 is 22.6. The number of aromatic nitrogens is 1. The van der Waals surface area contributed by atoms with Gasteiger partial charge in [-0.15, -0.1) is 0 Å². The van der Waals surface area contributed by atoms with Crippen LogP contribution in [0.3, 0.4) is 0 Å². The summed E-state index contributed by atoms with van der Waals surface area (Å²) in [4.78, 5) is 28.4. The van der Waals surface area contributed by atoms with Gasteiger partial charge in [0.15, 0.2) is 11.7 Å². The fourth-order valence-corrected chi connectivity index (χ4v) is 7.84. The molecule has 7 rings (SSSR count). The van der Waals surface area contributed by atoms with Crippen LogP contribution in [-0.4, -0.2) is 32.8 Å². The summed E-state index contributed by atoms with van der Waals surface area (Å²) in [5.74, 6) is -1.56. The monoisotopic (exact) mass is 786 g/mol. The molecule has 0 fully saturated rings. The Morgan fingerprint density at radius 2 is 1.20 bits per heavy atom. The molecule has 8 heteroatoms. The average Bonchev–Trinajstić information content (AvgIpc) is 3.62. The Morgan fingerprint density at radius 1 is 0.695 bits per heavy atom. The molecule has 0 aliphatic carbocycles.